The number of carbonyl (C=O) groups excluding carboxylic acids is 2. The van der Waals surface area contributed by atoms with E-state index in [1.807, 2.05) is 13.8 Å². The summed E-state index contributed by atoms with van der Waals surface area (Å²) in [4.78, 5) is 25.3. The Morgan fingerprint density at radius 2 is 1.88 bits per heavy atom. The second-order valence-electron chi connectivity index (χ2n) is 4.93. The molecule has 4 nitrogen and oxygen atoms in total. The molecule has 0 aromatic rings. The zero-order valence-corrected chi connectivity index (χ0v) is 10.7. The van der Waals surface area contributed by atoms with Crippen LogP contribution in [-0.4, -0.2) is 35.3 Å². The van der Waals surface area contributed by atoms with Gasteiger partial charge in [-0.1, -0.05) is 26.7 Å². The van der Waals surface area contributed by atoms with Gasteiger partial charge in [0.1, 0.15) is 5.54 Å². The Bertz CT molecular complexity index is 283. The van der Waals surface area contributed by atoms with E-state index in [9.17, 15) is 9.59 Å². The summed E-state index contributed by atoms with van der Waals surface area (Å²) in [5.74, 6) is 0.448. The molecule has 1 heterocycles. The average Bonchev–Trinajstić information content (AvgIpc) is 2.25. The maximum atomic E-state index is 11.8. The highest BCUT2D eigenvalue weighted by Gasteiger charge is 2.41. The van der Waals surface area contributed by atoms with Gasteiger partial charge in [0.25, 0.3) is 0 Å². The van der Waals surface area contributed by atoms with Crippen LogP contribution in [0.2, 0.25) is 0 Å². The first-order valence-electron chi connectivity index (χ1n) is 6.02. The summed E-state index contributed by atoms with van der Waals surface area (Å²) in [6, 6.07) is 0. The molecule has 0 spiro atoms. The van der Waals surface area contributed by atoms with Crippen LogP contribution in [0.5, 0.6) is 0 Å². The fourth-order valence-corrected chi connectivity index (χ4v) is 2.04. The second kappa shape index (κ2) is 4.85. The number of nitrogens with one attached hydrogen (secondary N) is 1. The zero-order valence-electron chi connectivity index (χ0n) is 10.7. The van der Waals surface area contributed by atoms with E-state index in [2.05, 4.69) is 19.2 Å². The van der Waals surface area contributed by atoms with Gasteiger partial charge in [-0.3, -0.25) is 9.59 Å². The van der Waals surface area contributed by atoms with Crippen LogP contribution < -0.4 is 5.32 Å². The summed E-state index contributed by atoms with van der Waals surface area (Å²) in [5, 5.41) is 2.63. The third-order valence-corrected chi connectivity index (χ3v) is 3.53. The van der Waals surface area contributed by atoms with Crippen LogP contribution >= 0.6 is 0 Å². The van der Waals surface area contributed by atoms with Crippen LogP contribution in [0, 0.1) is 5.92 Å². The maximum absolute atomic E-state index is 11.8. The Morgan fingerprint density at radius 3 is 2.38 bits per heavy atom. The van der Waals surface area contributed by atoms with Crippen LogP contribution in [0.1, 0.15) is 40.5 Å². The number of nitrogens with zero attached hydrogens (tertiary/aromatic N) is 1. The van der Waals surface area contributed by atoms with Crippen molar-refractivity contribution in [2.75, 3.05) is 13.1 Å². The monoisotopic (exact) mass is 226 g/mol. The standard InChI is InChI=1S/C12H22N2O2/c1-5-9(6-2)8-14-10(15)7-13-11(16)12(14,3)4/h9H,5-8H2,1-4H3,(H,13,16). The van der Waals surface area contributed by atoms with Gasteiger partial charge < -0.3 is 10.2 Å². The molecule has 0 atom stereocenters. The van der Waals surface area contributed by atoms with E-state index in [4.69, 9.17) is 0 Å². The minimum absolute atomic E-state index is 0.0245. The van der Waals surface area contributed by atoms with E-state index in [1.165, 1.54) is 0 Å². The molecule has 92 valence electrons. The predicted octanol–water partition coefficient (Wildman–Crippen LogP) is 1.16. The first kappa shape index (κ1) is 13.0. The van der Waals surface area contributed by atoms with Crippen molar-refractivity contribution in [1.82, 2.24) is 10.2 Å². The van der Waals surface area contributed by atoms with Crippen molar-refractivity contribution in [1.29, 1.82) is 0 Å². The van der Waals surface area contributed by atoms with Gasteiger partial charge in [-0.25, -0.2) is 0 Å². The summed E-state index contributed by atoms with van der Waals surface area (Å²) in [5.41, 5.74) is -0.710. The molecule has 2 amide bonds. The Balaban J connectivity index is 2.81. The van der Waals surface area contributed by atoms with Crippen molar-refractivity contribution in [2.24, 2.45) is 5.92 Å². The quantitative estimate of drug-likeness (QED) is 0.782. The minimum Gasteiger partial charge on any atom is -0.345 e. The SMILES string of the molecule is CCC(CC)CN1C(=O)CNC(=O)C1(C)C. The third-order valence-electron chi connectivity index (χ3n) is 3.53. The third kappa shape index (κ3) is 2.36. The van der Waals surface area contributed by atoms with E-state index in [0.717, 1.165) is 12.8 Å². The molecule has 0 aromatic carbocycles. The largest absolute Gasteiger partial charge is 0.345 e. The average molecular weight is 226 g/mol. The minimum atomic E-state index is -0.710. The van der Waals surface area contributed by atoms with Crippen LogP contribution in [0.15, 0.2) is 0 Å². The molecule has 1 aliphatic rings. The normalized spacial score (nSPS) is 20.2. The molecular formula is C12H22N2O2. The van der Waals surface area contributed by atoms with E-state index in [0.29, 0.717) is 12.5 Å². The highest BCUT2D eigenvalue weighted by atomic mass is 16.2. The topological polar surface area (TPSA) is 49.4 Å². The lowest BCUT2D eigenvalue weighted by molar-refractivity contribution is -0.152. The van der Waals surface area contributed by atoms with Crippen LogP contribution in [0.4, 0.5) is 0 Å². The van der Waals surface area contributed by atoms with Crippen molar-refractivity contribution >= 4 is 11.8 Å². The lowest BCUT2D eigenvalue weighted by atomic mass is 9.94. The van der Waals surface area contributed by atoms with Crippen LogP contribution in [0.25, 0.3) is 0 Å². The number of carbonyl (C=O) groups is 2. The molecule has 0 unspecified atom stereocenters. The molecule has 16 heavy (non-hydrogen) atoms. The summed E-state index contributed by atoms with van der Waals surface area (Å²) in [6.45, 7) is 8.68. The molecule has 0 bridgehead atoms. The van der Waals surface area contributed by atoms with Crippen molar-refractivity contribution < 1.29 is 9.59 Å². The van der Waals surface area contributed by atoms with E-state index < -0.39 is 5.54 Å². The van der Waals surface area contributed by atoms with Gasteiger partial charge in [0.2, 0.25) is 11.8 Å². The highest BCUT2D eigenvalue weighted by molar-refractivity contribution is 5.97. The fourth-order valence-electron chi connectivity index (χ4n) is 2.04. The van der Waals surface area contributed by atoms with Gasteiger partial charge in [0.05, 0.1) is 6.54 Å². The van der Waals surface area contributed by atoms with Gasteiger partial charge in [-0.05, 0) is 19.8 Å². The molecule has 1 aliphatic heterocycles. The van der Waals surface area contributed by atoms with E-state index in [1.54, 1.807) is 4.90 Å². The molecule has 0 aromatic heterocycles. The Kier molecular flexibility index (Phi) is 3.94. The molecular weight excluding hydrogens is 204 g/mol. The van der Waals surface area contributed by atoms with Crippen molar-refractivity contribution in [2.45, 2.75) is 46.1 Å². The molecule has 1 N–H and O–H groups in total. The van der Waals surface area contributed by atoms with E-state index in [-0.39, 0.29) is 18.4 Å². The molecule has 0 radical (unpaired) electrons. The molecule has 4 heteroatoms. The van der Waals surface area contributed by atoms with Crippen molar-refractivity contribution in [3.8, 4) is 0 Å². The molecule has 1 fully saturated rings. The van der Waals surface area contributed by atoms with Crippen molar-refractivity contribution in [3.63, 3.8) is 0 Å². The first-order chi connectivity index (χ1) is 7.43. The Labute approximate surface area is 97.4 Å². The van der Waals surface area contributed by atoms with Gasteiger partial charge >= 0.3 is 0 Å². The second-order valence-corrected chi connectivity index (χ2v) is 4.93. The summed E-state index contributed by atoms with van der Waals surface area (Å²) in [6.07, 6.45) is 2.08. The van der Waals surface area contributed by atoms with Gasteiger partial charge in [-0.2, -0.15) is 0 Å². The fraction of sp³-hybridized carbons (Fsp3) is 0.833. The van der Waals surface area contributed by atoms with Gasteiger partial charge in [0.15, 0.2) is 0 Å². The molecule has 1 saturated heterocycles. The predicted molar refractivity (Wildman–Crippen MR) is 62.9 cm³/mol. The summed E-state index contributed by atoms with van der Waals surface area (Å²) < 4.78 is 0. The smallest absolute Gasteiger partial charge is 0.245 e. The van der Waals surface area contributed by atoms with Crippen LogP contribution in [0.3, 0.4) is 0 Å². The molecule has 0 saturated carbocycles. The number of piperazine rings is 1. The van der Waals surface area contributed by atoms with Crippen LogP contribution in [-0.2, 0) is 9.59 Å². The summed E-state index contributed by atoms with van der Waals surface area (Å²) in [7, 11) is 0. The zero-order chi connectivity index (χ0) is 12.3. The van der Waals surface area contributed by atoms with Crippen molar-refractivity contribution in [3.05, 3.63) is 0 Å². The van der Waals surface area contributed by atoms with Gasteiger partial charge in [0, 0.05) is 6.54 Å². The van der Waals surface area contributed by atoms with E-state index >= 15 is 0 Å². The highest BCUT2D eigenvalue weighted by Crippen LogP contribution is 2.22. The first-order valence-corrected chi connectivity index (χ1v) is 6.02. The summed E-state index contributed by atoms with van der Waals surface area (Å²) >= 11 is 0. The lowest BCUT2D eigenvalue weighted by Gasteiger charge is -2.42. The van der Waals surface area contributed by atoms with Gasteiger partial charge in [-0.15, -0.1) is 0 Å². The molecule has 1 rings (SSSR count). The molecule has 0 aliphatic carbocycles. The number of rotatable bonds is 4. The Hall–Kier alpha value is -1.06. The number of hydrogen-bond acceptors (Lipinski definition) is 2. The number of hydrogen-bond donors (Lipinski definition) is 1. The number of amides is 2. The lowest BCUT2D eigenvalue weighted by Crippen LogP contribution is -2.65. The maximum Gasteiger partial charge on any atom is 0.245 e. The Morgan fingerprint density at radius 1 is 1.31 bits per heavy atom.